The van der Waals surface area contributed by atoms with Crippen molar-refractivity contribution in [3.05, 3.63) is 15.6 Å². The molecule has 0 aromatic carbocycles. The molecule has 1 atom stereocenters. The maximum absolute atomic E-state index is 12.3. The van der Waals surface area contributed by atoms with Gasteiger partial charge in [-0.15, -0.1) is 36.2 Å². The van der Waals surface area contributed by atoms with Crippen LogP contribution in [0.5, 0.6) is 0 Å². The molecule has 23 heavy (non-hydrogen) atoms. The van der Waals surface area contributed by atoms with E-state index in [1.54, 1.807) is 11.3 Å². The van der Waals surface area contributed by atoms with E-state index in [1.807, 2.05) is 23.7 Å². The molecule has 1 aromatic heterocycles. The van der Waals surface area contributed by atoms with Gasteiger partial charge in [-0.3, -0.25) is 4.79 Å². The molecule has 1 amide bonds. The molecule has 3 rings (SSSR count). The molecule has 4 nitrogen and oxygen atoms in total. The zero-order valence-corrected chi connectivity index (χ0v) is 16.6. The lowest BCUT2D eigenvalue weighted by Gasteiger charge is -2.25. The van der Waals surface area contributed by atoms with Gasteiger partial charge in [-0.2, -0.15) is 11.8 Å². The van der Waals surface area contributed by atoms with Gasteiger partial charge >= 0.3 is 0 Å². The maximum Gasteiger partial charge on any atom is 0.224 e. The second kappa shape index (κ2) is 10.1. The molecule has 1 unspecified atom stereocenters. The Morgan fingerprint density at radius 1 is 1.35 bits per heavy atom. The number of carbonyl (C=O) groups is 1. The summed E-state index contributed by atoms with van der Waals surface area (Å²) in [5.74, 6) is 2.43. The number of nitrogens with zero attached hydrogens (tertiary/aromatic N) is 2. The summed E-state index contributed by atoms with van der Waals surface area (Å²) >= 11 is 3.74. The number of hydrogen-bond acceptors (Lipinski definition) is 5. The van der Waals surface area contributed by atoms with Crippen molar-refractivity contribution in [2.45, 2.75) is 44.7 Å². The van der Waals surface area contributed by atoms with Gasteiger partial charge in [0.25, 0.3) is 0 Å². The first-order valence-corrected chi connectivity index (χ1v) is 9.72. The molecule has 1 aliphatic carbocycles. The topological polar surface area (TPSA) is 45.2 Å². The van der Waals surface area contributed by atoms with E-state index >= 15 is 0 Å². The van der Waals surface area contributed by atoms with Crippen LogP contribution in [-0.4, -0.2) is 46.9 Å². The monoisotopic (exact) mass is 397 g/mol. The lowest BCUT2D eigenvalue weighted by molar-refractivity contribution is -0.130. The molecule has 1 aromatic rings. The van der Waals surface area contributed by atoms with E-state index in [2.05, 4.69) is 5.32 Å². The molecule has 1 aliphatic heterocycles. The van der Waals surface area contributed by atoms with Crippen LogP contribution in [0.2, 0.25) is 0 Å². The van der Waals surface area contributed by atoms with Gasteiger partial charge in [0.1, 0.15) is 5.01 Å². The van der Waals surface area contributed by atoms with Crippen LogP contribution in [0.25, 0.3) is 0 Å². The third-order valence-electron chi connectivity index (χ3n) is 4.11. The van der Waals surface area contributed by atoms with E-state index in [4.69, 9.17) is 4.98 Å². The smallest absolute Gasteiger partial charge is 0.224 e. The van der Waals surface area contributed by atoms with Gasteiger partial charge in [0.2, 0.25) is 5.91 Å². The molecule has 2 aliphatic rings. The highest BCUT2D eigenvalue weighted by molar-refractivity contribution is 7.99. The second-order valence-corrected chi connectivity index (χ2v) is 8.18. The second-order valence-electron chi connectivity index (χ2n) is 5.86. The fourth-order valence-corrected chi connectivity index (χ4v) is 5.04. The standard InChI is InChI=1S/C15H23N3OS2.2ClH/c1-18(15(19)8-11-10-20-7-6-16-11)9-14-17-12-4-2-3-5-13(12)21-14;;/h11,16H,2-10H2,1H3;2*1H. The van der Waals surface area contributed by atoms with Crippen molar-refractivity contribution in [2.24, 2.45) is 0 Å². The molecule has 0 bridgehead atoms. The highest BCUT2D eigenvalue weighted by Crippen LogP contribution is 2.27. The largest absolute Gasteiger partial charge is 0.339 e. The molecule has 132 valence electrons. The maximum atomic E-state index is 12.3. The van der Waals surface area contributed by atoms with E-state index in [0.717, 1.165) is 29.5 Å². The number of thiazole rings is 1. The summed E-state index contributed by atoms with van der Waals surface area (Å²) in [5, 5.41) is 4.53. The van der Waals surface area contributed by atoms with E-state index < -0.39 is 0 Å². The number of halogens is 2. The third kappa shape index (κ3) is 5.78. The van der Waals surface area contributed by atoms with Crippen molar-refractivity contribution in [1.29, 1.82) is 0 Å². The van der Waals surface area contributed by atoms with Gasteiger partial charge in [0.15, 0.2) is 0 Å². The van der Waals surface area contributed by atoms with E-state index in [0.29, 0.717) is 19.0 Å². The van der Waals surface area contributed by atoms with Crippen molar-refractivity contribution in [3.8, 4) is 0 Å². The minimum atomic E-state index is 0. The number of carbonyl (C=O) groups excluding carboxylic acids is 1. The molecule has 0 spiro atoms. The van der Waals surface area contributed by atoms with Crippen molar-refractivity contribution >= 4 is 53.8 Å². The van der Waals surface area contributed by atoms with Gasteiger partial charge < -0.3 is 10.2 Å². The molecule has 2 heterocycles. The van der Waals surface area contributed by atoms with Crippen LogP contribution in [0, 0.1) is 0 Å². The molecule has 1 fully saturated rings. The predicted molar refractivity (Wildman–Crippen MR) is 103 cm³/mol. The van der Waals surface area contributed by atoms with Gasteiger partial charge in [-0.05, 0) is 25.7 Å². The van der Waals surface area contributed by atoms with E-state index in [-0.39, 0.29) is 30.7 Å². The number of thioether (sulfide) groups is 1. The minimum Gasteiger partial charge on any atom is -0.339 e. The summed E-state index contributed by atoms with van der Waals surface area (Å²) < 4.78 is 0. The Labute approximate surface area is 159 Å². The normalized spacial score (nSPS) is 20.0. The average molecular weight is 398 g/mol. The SMILES string of the molecule is CN(Cc1nc2c(s1)CCCC2)C(=O)CC1CSCCN1.Cl.Cl. The number of amides is 1. The van der Waals surface area contributed by atoms with Crippen LogP contribution < -0.4 is 5.32 Å². The van der Waals surface area contributed by atoms with Gasteiger partial charge in [0.05, 0.1) is 12.2 Å². The molecular formula is C15H25Cl2N3OS2. The summed E-state index contributed by atoms with van der Waals surface area (Å²) in [4.78, 5) is 20.3. The summed E-state index contributed by atoms with van der Waals surface area (Å²) in [5.41, 5.74) is 1.28. The van der Waals surface area contributed by atoms with E-state index in [9.17, 15) is 4.79 Å². The van der Waals surface area contributed by atoms with Crippen LogP contribution in [0.4, 0.5) is 0 Å². The first-order valence-electron chi connectivity index (χ1n) is 7.75. The molecule has 0 radical (unpaired) electrons. The summed E-state index contributed by atoms with van der Waals surface area (Å²) in [6, 6.07) is 0.336. The highest BCUT2D eigenvalue weighted by Gasteiger charge is 2.21. The fraction of sp³-hybridized carbons (Fsp3) is 0.733. The molecule has 1 saturated heterocycles. The summed E-state index contributed by atoms with van der Waals surface area (Å²) in [6.45, 7) is 1.68. The third-order valence-corrected chi connectivity index (χ3v) is 6.38. The fourth-order valence-electron chi connectivity index (χ4n) is 2.88. The van der Waals surface area contributed by atoms with Crippen molar-refractivity contribution in [2.75, 3.05) is 25.1 Å². The number of aryl methyl sites for hydroxylation is 2. The minimum absolute atomic E-state index is 0. The van der Waals surface area contributed by atoms with Crippen LogP contribution >= 0.6 is 47.9 Å². The Kier molecular flexibility index (Phi) is 9.23. The summed E-state index contributed by atoms with van der Waals surface area (Å²) in [7, 11) is 1.90. The van der Waals surface area contributed by atoms with Gasteiger partial charge in [-0.25, -0.2) is 4.98 Å². The number of nitrogens with one attached hydrogen (secondary N) is 1. The zero-order valence-electron chi connectivity index (χ0n) is 13.4. The van der Waals surface area contributed by atoms with E-state index in [1.165, 1.54) is 29.8 Å². The number of fused-ring (bicyclic) bond motifs is 1. The molecule has 8 heteroatoms. The van der Waals surface area contributed by atoms with Crippen LogP contribution in [0.3, 0.4) is 0 Å². The molecule has 0 saturated carbocycles. The first-order chi connectivity index (χ1) is 10.2. The number of aromatic nitrogens is 1. The van der Waals surface area contributed by atoms with Gasteiger partial charge in [0, 0.05) is 42.4 Å². The lowest BCUT2D eigenvalue weighted by Crippen LogP contribution is -2.41. The van der Waals surface area contributed by atoms with Crippen molar-refractivity contribution in [3.63, 3.8) is 0 Å². The van der Waals surface area contributed by atoms with Crippen molar-refractivity contribution < 1.29 is 4.79 Å². The summed E-state index contributed by atoms with van der Waals surface area (Å²) in [6.07, 6.45) is 5.44. The van der Waals surface area contributed by atoms with Gasteiger partial charge in [-0.1, -0.05) is 0 Å². The van der Waals surface area contributed by atoms with Crippen LogP contribution in [0.15, 0.2) is 0 Å². The van der Waals surface area contributed by atoms with Crippen LogP contribution in [-0.2, 0) is 24.2 Å². The average Bonchev–Trinajstić information content (AvgIpc) is 2.90. The molecule has 1 N–H and O–H groups in total. The quantitative estimate of drug-likeness (QED) is 0.847. The Morgan fingerprint density at radius 3 is 2.83 bits per heavy atom. The first kappa shape index (κ1) is 21.0. The zero-order chi connectivity index (χ0) is 14.7. The number of hydrogen-bond donors (Lipinski definition) is 1. The predicted octanol–water partition coefficient (Wildman–Crippen LogP) is 2.92. The Hall–Kier alpha value is -0.0100. The highest BCUT2D eigenvalue weighted by atomic mass is 35.5. The Balaban J connectivity index is 0.00000132. The Bertz CT molecular complexity index is 483. The molecular weight excluding hydrogens is 373 g/mol. The van der Waals surface area contributed by atoms with Crippen LogP contribution in [0.1, 0.15) is 34.8 Å². The lowest BCUT2D eigenvalue weighted by atomic mass is 10.0. The Morgan fingerprint density at radius 2 is 2.13 bits per heavy atom. The number of rotatable bonds is 4. The van der Waals surface area contributed by atoms with Crippen molar-refractivity contribution in [1.82, 2.24) is 15.2 Å².